The van der Waals surface area contributed by atoms with E-state index in [1.165, 1.54) is 22.3 Å². The lowest BCUT2D eigenvalue weighted by Gasteiger charge is -2.20. The smallest absolute Gasteiger partial charge is 0.283 e. The standard InChI is InChI=1S/C25H26N4O4S/c1-4-5-22-28-29-23(26)19(24(30)27-25(29)34-22)14-17-8-11-20(21(15-17)31-3)33-13-12-32-18-9-6-16(2)7-10-18/h6-11,14-15,26H,4-5,12-13H2,1-3H3/b19-14+,26-23?. The Bertz CT molecular complexity index is 1190. The number of aryl methyl sites for hydroxylation is 1. The van der Waals surface area contributed by atoms with E-state index in [4.69, 9.17) is 19.6 Å². The Kier molecular flexibility index (Phi) is 7.32. The first-order valence-corrected chi connectivity index (χ1v) is 11.8. The normalized spacial score (nSPS) is 16.3. The fourth-order valence-electron chi connectivity index (χ4n) is 3.35. The van der Waals surface area contributed by atoms with Crippen LogP contribution < -0.4 is 14.2 Å². The van der Waals surface area contributed by atoms with Crippen molar-refractivity contribution < 1.29 is 19.0 Å². The van der Waals surface area contributed by atoms with Gasteiger partial charge in [0, 0.05) is 0 Å². The van der Waals surface area contributed by atoms with Gasteiger partial charge in [-0.05, 0) is 67.4 Å². The summed E-state index contributed by atoms with van der Waals surface area (Å²) < 4.78 is 17.0. The number of carbonyl (C=O) groups is 1. The van der Waals surface area contributed by atoms with E-state index in [0.717, 1.165) is 23.6 Å². The predicted molar refractivity (Wildman–Crippen MR) is 135 cm³/mol. The Morgan fingerprint density at radius 1 is 1.09 bits per heavy atom. The molecular weight excluding hydrogens is 452 g/mol. The van der Waals surface area contributed by atoms with Gasteiger partial charge in [0.2, 0.25) is 5.17 Å². The highest BCUT2D eigenvalue weighted by atomic mass is 32.2. The van der Waals surface area contributed by atoms with E-state index in [0.29, 0.717) is 35.4 Å². The minimum atomic E-state index is -0.454. The summed E-state index contributed by atoms with van der Waals surface area (Å²) in [6, 6.07) is 13.2. The van der Waals surface area contributed by atoms with Crippen molar-refractivity contribution in [1.82, 2.24) is 5.01 Å². The number of methoxy groups -OCH3 is 1. The van der Waals surface area contributed by atoms with Gasteiger partial charge in [-0.15, -0.1) is 0 Å². The zero-order valence-corrected chi connectivity index (χ0v) is 20.1. The molecule has 1 N–H and O–H groups in total. The summed E-state index contributed by atoms with van der Waals surface area (Å²) in [6.07, 6.45) is 3.34. The van der Waals surface area contributed by atoms with Gasteiger partial charge in [-0.25, -0.2) is 0 Å². The van der Waals surface area contributed by atoms with Gasteiger partial charge in [-0.2, -0.15) is 15.1 Å². The maximum atomic E-state index is 12.6. The molecule has 2 aromatic rings. The Morgan fingerprint density at radius 3 is 2.59 bits per heavy atom. The van der Waals surface area contributed by atoms with Crippen molar-refractivity contribution in [3.63, 3.8) is 0 Å². The second-order valence-corrected chi connectivity index (χ2v) is 8.72. The van der Waals surface area contributed by atoms with Crippen LogP contribution in [0.2, 0.25) is 0 Å². The third-order valence-electron chi connectivity index (χ3n) is 5.09. The number of aliphatic imine (C=N–C) groups is 1. The van der Waals surface area contributed by atoms with E-state index >= 15 is 0 Å². The van der Waals surface area contributed by atoms with Crippen LogP contribution in [0.25, 0.3) is 6.08 Å². The van der Waals surface area contributed by atoms with Gasteiger partial charge >= 0.3 is 0 Å². The van der Waals surface area contributed by atoms with Crippen LogP contribution >= 0.6 is 11.8 Å². The van der Waals surface area contributed by atoms with Gasteiger partial charge in [0.05, 0.1) is 12.7 Å². The number of amidine groups is 2. The molecule has 0 aromatic heterocycles. The van der Waals surface area contributed by atoms with E-state index in [2.05, 4.69) is 17.0 Å². The summed E-state index contributed by atoms with van der Waals surface area (Å²) in [6.45, 7) is 4.81. The molecule has 2 aliphatic rings. The number of carbonyl (C=O) groups excluding carboxylic acids is 1. The van der Waals surface area contributed by atoms with Gasteiger partial charge in [0.25, 0.3) is 5.91 Å². The van der Waals surface area contributed by atoms with E-state index in [1.54, 1.807) is 31.4 Å². The summed E-state index contributed by atoms with van der Waals surface area (Å²) >= 11 is 1.34. The van der Waals surface area contributed by atoms with E-state index in [9.17, 15) is 4.79 Å². The van der Waals surface area contributed by atoms with Gasteiger partial charge in [-0.1, -0.05) is 30.7 Å². The van der Waals surface area contributed by atoms with Crippen molar-refractivity contribution in [2.24, 2.45) is 10.1 Å². The molecule has 2 heterocycles. The molecule has 176 valence electrons. The van der Waals surface area contributed by atoms with Crippen molar-refractivity contribution in [3.05, 3.63) is 59.2 Å². The number of thioether (sulfide) groups is 1. The number of amides is 1. The van der Waals surface area contributed by atoms with Gasteiger partial charge < -0.3 is 14.2 Å². The van der Waals surface area contributed by atoms with Crippen LogP contribution in [-0.4, -0.2) is 47.3 Å². The van der Waals surface area contributed by atoms with Crippen LogP contribution in [0, 0.1) is 12.3 Å². The lowest BCUT2D eigenvalue weighted by atomic mass is 10.1. The number of nitrogens with zero attached hydrogens (tertiary/aromatic N) is 3. The number of ether oxygens (including phenoxy) is 3. The van der Waals surface area contributed by atoms with E-state index in [-0.39, 0.29) is 11.4 Å². The highest BCUT2D eigenvalue weighted by molar-refractivity contribution is 8.26. The third-order valence-corrected chi connectivity index (χ3v) is 6.06. The first kappa shape index (κ1) is 23.6. The molecule has 4 rings (SSSR count). The Labute approximate surface area is 202 Å². The van der Waals surface area contributed by atoms with Crippen LogP contribution in [0.15, 0.2) is 58.1 Å². The van der Waals surface area contributed by atoms with Crippen LogP contribution in [0.5, 0.6) is 17.2 Å². The molecule has 34 heavy (non-hydrogen) atoms. The molecule has 0 bridgehead atoms. The van der Waals surface area contributed by atoms with Crippen LogP contribution in [0.1, 0.15) is 30.9 Å². The number of benzene rings is 2. The SMILES string of the molecule is CCCC1=NN2C(=N)/C(=C\c3ccc(OCCOc4ccc(C)cc4)c(OC)c3)C(=O)N=C2S1. The molecule has 1 amide bonds. The van der Waals surface area contributed by atoms with E-state index < -0.39 is 5.91 Å². The lowest BCUT2D eigenvalue weighted by molar-refractivity contribution is -0.114. The fourth-order valence-corrected chi connectivity index (χ4v) is 4.34. The largest absolute Gasteiger partial charge is 0.493 e. The number of rotatable bonds is 9. The Hall–Kier alpha value is -3.59. The highest BCUT2D eigenvalue weighted by Crippen LogP contribution is 2.32. The summed E-state index contributed by atoms with van der Waals surface area (Å²) in [7, 11) is 1.55. The molecule has 0 fully saturated rings. The minimum absolute atomic E-state index is 0.0150. The van der Waals surface area contributed by atoms with Crippen molar-refractivity contribution >= 4 is 39.8 Å². The molecule has 0 atom stereocenters. The summed E-state index contributed by atoms with van der Waals surface area (Å²) in [5.41, 5.74) is 2.04. The van der Waals surface area contributed by atoms with Gasteiger partial charge in [0.15, 0.2) is 17.3 Å². The van der Waals surface area contributed by atoms with Crippen molar-refractivity contribution in [2.45, 2.75) is 26.7 Å². The summed E-state index contributed by atoms with van der Waals surface area (Å²) in [5.74, 6) is 1.43. The number of hydrazone groups is 1. The molecule has 0 aliphatic carbocycles. The van der Waals surface area contributed by atoms with Crippen molar-refractivity contribution in [2.75, 3.05) is 20.3 Å². The quantitative estimate of drug-likeness (QED) is 0.408. The number of hydrogen-bond acceptors (Lipinski definition) is 7. The topological polar surface area (TPSA) is 96.6 Å². The molecule has 2 aliphatic heterocycles. The Balaban J connectivity index is 1.43. The van der Waals surface area contributed by atoms with Crippen LogP contribution in [0.3, 0.4) is 0 Å². The molecule has 8 nitrogen and oxygen atoms in total. The van der Waals surface area contributed by atoms with Crippen LogP contribution in [0.4, 0.5) is 0 Å². The fraction of sp³-hybridized carbons (Fsp3) is 0.280. The third kappa shape index (κ3) is 5.31. The summed E-state index contributed by atoms with van der Waals surface area (Å²) in [4.78, 5) is 16.7. The highest BCUT2D eigenvalue weighted by Gasteiger charge is 2.35. The Morgan fingerprint density at radius 2 is 1.85 bits per heavy atom. The van der Waals surface area contributed by atoms with Crippen molar-refractivity contribution in [3.8, 4) is 17.2 Å². The average molecular weight is 479 g/mol. The molecule has 0 saturated carbocycles. The number of fused-ring (bicyclic) bond motifs is 1. The minimum Gasteiger partial charge on any atom is -0.493 e. The molecule has 0 unspecified atom stereocenters. The molecule has 9 heteroatoms. The maximum absolute atomic E-state index is 12.6. The molecular formula is C25H26N4O4S. The van der Waals surface area contributed by atoms with Crippen LogP contribution in [-0.2, 0) is 4.79 Å². The average Bonchev–Trinajstić information content (AvgIpc) is 3.24. The zero-order chi connectivity index (χ0) is 24.1. The zero-order valence-electron chi connectivity index (χ0n) is 19.3. The second kappa shape index (κ2) is 10.6. The van der Waals surface area contributed by atoms with E-state index in [1.807, 2.05) is 31.2 Å². The predicted octanol–water partition coefficient (Wildman–Crippen LogP) is 4.88. The first-order valence-electron chi connectivity index (χ1n) is 11.0. The monoisotopic (exact) mass is 478 g/mol. The second-order valence-electron chi connectivity index (χ2n) is 7.68. The number of nitrogens with one attached hydrogen (secondary N) is 1. The number of hydrogen-bond donors (Lipinski definition) is 1. The van der Waals surface area contributed by atoms with Gasteiger partial charge in [-0.3, -0.25) is 10.2 Å². The first-order chi connectivity index (χ1) is 16.5. The lowest BCUT2D eigenvalue weighted by Crippen LogP contribution is -2.35. The molecule has 2 aromatic carbocycles. The van der Waals surface area contributed by atoms with Gasteiger partial charge in [0.1, 0.15) is 24.0 Å². The maximum Gasteiger partial charge on any atom is 0.283 e. The summed E-state index contributed by atoms with van der Waals surface area (Å²) in [5, 5.41) is 15.6. The molecule has 0 saturated heterocycles. The molecule has 0 radical (unpaired) electrons. The molecule has 0 spiro atoms. The van der Waals surface area contributed by atoms with Crippen molar-refractivity contribution in [1.29, 1.82) is 5.41 Å².